The molecule has 1 aromatic rings. The molecule has 1 aromatic carbocycles. The Morgan fingerprint density at radius 2 is 1.86 bits per heavy atom. The predicted octanol–water partition coefficient (Wildman–Crippen LogP) is 5.90. The molecule has 2 heteroatoms. The number of fused-ring (bicyclic) bond motifs is 1. The highest BCUT2D eigenvalue weighted by atomic mass is 16.5. The molecule has 0 saturated carbocycles. The highest BCUT2D eigenvalue weighted by Crippen LogP contribution is 2.55. The van der Waals surface area contributed by atoms with Crippen LogP contribution in [0.15, 0.2) is 87.6 Å². The van der Waals surface area contributed by atoms with Crippen molar-refractivity contribution in [3.8, 4) is 5.75 Å². The van der Waals surface area contributed by atoms with E-state index in [2.05, 4.69) is 83.2 Å². The van der Waals surface area contributed by atoms with Crippen LogP contribution in [0.1, 0.15) is 53.0 Å². The average Bonchev–Trinajstić information content (AvgIpc) is 3.03. The van der Waals surface area contributed by atoms with E-state index in [1.165, 1.54) is 38.8 Å². The molecule has 6 rings (SSSR count). The van der Waals surface area contributed by atoms with Crippen molar-refractivity contribution in [2.24, 2.45) is 5.41 Å². The maximum absolute atomic E-state index is 6.64. The van der Waals surface area contributed by atoms with Crippen LogP contribution in [0.3, 0.4) is 0 Å². The van der Waals surface area contributed by atoms with Gasteiger partial charge in [-0.05, 0) is 59.6 Å². The van der Waals surface area contributed by atoms with Crippen molar-refractivity contribution in [2.45, 2.75) is 52.9 Å². The van der Waals surface area contributed by atoms with Gasteiger partial charge in [0.2, 0.25) is 6.71 Å². The first-order valence-electron chi connectivity index (χ1n) is 10.9. The third-order valence-corrected chi connectivity index (χ3v) is 7.93. The smallest absolute Gasteiger partial charge is 0.248 e. The van der Waals surface area contributed by atoms with Gasteiger partial charge in [-0.3, -0.25) is 0 Å². The summed E-state index contributed by atoms with van der Waals surface area (Å²) < 4.78 is 6.64. The summed E-state index contributed by atoms with van der Waals surface area (Å²) in [6, 6.07) is 6.68. The summed E-state index contributed by atoms with van der Waals surface area (Å²) in [5, 5.41) is 0. The summed E-state index contributed by atoms with van der Waals surface area (Å²) >= 11 is 0. The van der Waals surface area contributed by atoms with E-state index in [0.29, 0.717) is 6.71 Å². The standard InChI is InChI=1S/C27H27BO/c1-16-9-6-13-22-25-23(16)27(4,5)18-11-7-10-17-15-20(18)28(25)24-19(26(17,2)3)12-8-14-21(24)29-22/h7-14H,6,15H2,1-5H3. The lowest BCUT2D eigenvalue weighted by molar-refractivity contribution is 0.431. The van der Waals surface area contributed by atoms with Gasteiger partial charge in [-0.25, -0.2) is 0 Å². The quantitative estimate of drug-likeness (QED) is 0.511. The molecule has 144 valence electrons. The molecular weight excluding hydrogens is 351 g/mol. The van der Waals surface area contributed by atoms with E-state index in [1.54, 1.807) is 5.47 Å². The molecule has 5 aliphatic rings. The normalized spacial score (nSPS) is 24.7. The summed E-state index contributed by atoms with van der Waals surface area (Å²) in [5.74, 6) is 2.14. The maximum atomic E-state index is 6.64. The van der Waals surface area contributed by atoms with Gasteiger partial charge >= 0.3 is 0 Å². The van der Waals surface area contributed by atoms with Crippen molar-refractivity contribution in [3.05, 3.63) is 93.1 Å². The zero-order valence-electron chi connectivity index (χ0n) is 18.0. The summed E-state index contributed by atoms with van der Waals surface area (Å²) in [5.41, 5.74) is 11.7. The number of rotatable bonds is 0. The predicted molar refractivity (Wildman–Crippen MR) is 122 cm³/mol. The van der Waals surface area contributed by atoms with Gasteiger partial charge < -0.3 is 4.74 Å². The number of hydrogen-bond acceptors (Lipinski definition) is 1. The summed E-state index contributed by atoms with van der Waals surface area (Å²) in [4.78, 5) is 0. The molecular formula is C27H27BO. The number of benzene rings is 1. The second-order valence-corrected chi connectivity index (χ2v) is 10.1. The molecule has 3 aliphatic heterocycles. The molecule has 0 aromatic heterocycles. The topological polar surface area (TPSA) is 9.23 Å². The van der Waals surface area contributed by atoms with Gasteiger partial charge in [-0.2, -0.15) is 0 Å². The largest absolute Gasteiger partial charge is 0.459 e. The van der Waals surface area contributed by atoms with E-state index < -0.39 is 0 Å². The van der Waals surface area contributed by atoms with Crippen molar-refractivity contribution < 1.29 is 4.74 Å². The fourth-order valence-corrected chi connectivity index (χ4v) is 6.52. The summed E-state index contributed by atoms with van der Waals surface area (Å²) in [7, 11) is 0. The molecule has 3 heterocycles. The minimum atomic E-state index is -0.0325. The second kappa shape index (κ2) is 5.36. The van der Waals surface area contributed by atoms with E-state index >= 15 is 0 Å². The van der Waals surface area contributed by atoms with E-state index in [9.17, 15) is 0 Å². The summed E-state index contributed by atoms with van der Waals surface area (Å²) in [6.45, 7) is 12.2. The molecule has 0 unspecified atom stereocenters. The van der Waals surface area contributed by atoms with Crippen molar-refractivity contribution in [3.63, 3.8) is 0 Å². The zero-order valence-corrected chi connectivity index (χ0v) is 18.0. The first-order valence-corrected chi connectivity index (χ1v) is 10.9. The van der Waals surface area contributed by atoms with Gasteiger partial charge in [-0.1, -0.05) is 80.8 Å². The minimum Gasteiger partial charge on any atom is -0.459 e. The van der Waals surface area contributed by atoms with Crippen LogP contribution in [0.5, 0.6) is 5.75 Å². The van der Waals surface area contributed by atoms with Crippen LogP contribution in [0.2, 0.25) is 0 Å². The Kier molecular flexibility index (Phi) is 3.21. The van der Waals surface area contributed by atoms with Crippen LogP contribution in [0.25, 0.3) is 0 Å². The van der Waals surface area contributed by atoms with Gasteiger partial charge in [0.15, 0.2) is 0 Å². The van der Waals surface area contributed by atoms with Gasteiger partial charge in [0.05, 0.1) is 0 Å². The van der Waals surface area contributed by atoms with Crippen molar-refractivity contribution in [1.82, 2.24) is 0 Å². The highest BCUT2D eigenvalue weighted by Gasteiger charge is 2.52. The molecule has 29 heavy (non-hydrogen) atoms. The van der Waals surface area contributed by atoms with Crippen LogP contribution >= 0.6 is 0 Å². The van der Waals surface area contributed by atoms with Gasteiger partial charge in [0.25, 0.3) is 0 Å². The van der Waals surface area contributed by atoms with E-state index in [4.69, 9.17) is 4.74 Å². The molecule has 0 radical (unpaired) electrons. The number of hydrogen-bond donors (Lipinski definition) is 0. The van der Waals surface area contributed by atoms with Crippen LogP contribution in [-0.4, -0.2) is 6.71 Å². The van der Waals surface area contributed by atoms with Crippen molar-refractivity contribution in [2.75, 3.05) is 0 Å². The van der Waals surface area contributed by atoms with Crippen molar-refractivity contribution >= 4 is 12.2 Å². The Labute approximate surface area is 174 Å². The van der Waals surface area contributed by atoms with Gasteiger partial charge in [0.1, 0.15) is 11.5 Å². The molecule has 0 fully saturated rings. The Morgan fingerprint density at radius 3 is 2.69 bits per heavy atom. The Balaban J connectivity index is 1.82. The Hall–Kier alpha value is -2.48. The van der Waals surface area contributed by atoms with Crippen LogP contribution < -0.4 is 10.2 Å². The summed E-state index contributed by atoms with van der Waals surface area (Å²) in [6.07, 6.45) is 13.7. The van der Waals surface area contributed by atoms with Gasteiger partial charge in [-0.15, -0.1) is 0 Å². The number of ether oxygens (including phenoxy) is 1. The van der Waals surface area contributed by atoms with E-state index in [0.717, 1.165) is 24.4 Å². The Morgan fingerprint density at radius 1 is 1.03 bits per heavy atom. The van der Waals surface area contributed by atoms with Crippen LogP contribution in [0.4, 0.5) is 0 Å². The monoisotopic (exact) mass is 378 g/mol. The molecule has 0 atom stereocenters. The first kappa shape index (κ1) is 17.4. The first-order chi connectivity index (χ1) is 13.8. The molecule has 0 saturated heterocycles. The SMILES string of the molecule is CC1=CCC=C2Oc3cccc4c3B3C5=C(C=CC=C(C5)C4(C)C)C(C)(C)C1=C32. The fraction of sp³-hybridized carbons (Fsp3) is 0.333. The van der Waals surface area contributed by atoms with Crippen molar-refractivity contribution in [1.29, 1.82) is 0 Å². The number of allylic oxidation sites excluding steroid dienone is 11. The average molecular weight is 378 g/mol. The van der Waals surface area contributed by atoms with Crippen LogP contribution in [-0.2, 0) is 5.41 Å². The zero-order chi connectivity index (χ0) is 20.1. The lowest BCUT2D eigenvalue weighted by Crippen LogP contribution is -2.48. The fourth-order valence-electron chi connectivity index (χ4n) is 6.52. The van der Waals surface area contributed by atoms with Gasteiger partial charge in [0, 0.05) is 10.8 Å². The van der Waals surface area contributed by atoms with E-state index in [-0.39, 0.29) is 10.8 Å². The molecule has 2 bridgehead atoms. The molecule has 1 nitrogen and oxygen atoms in total. The lowest BCUT2D eigenvalue weighted by atomic mass is 9.29. The van der Waals surface area contributed by atoms with Crippen LogP contribution in [0, 0.1) is 5.41 Å². The second-order valence-electron chi connectivity index (χ2n) is 10.1. The molecule has 2 aliphatic carbocycles. The lowest BCUT2D eigenvalue weighted by Gasteiger charge is -2.44. The third-order valence-electron chi connectivity index (χ3n) is 7.93. The van der Waals surface area contributed by atoms with E-state index in [1.807, 2.05) is 0 Å². The third kappa shape index (κ3) is 2.02. The minimum absolute atomic E-state index is 0.0134. The Bertz CT molecular complexity index is 1180. The molecule has 0 spiro atoms. The maximum Gasteiger partial charge on any atom is 0.248 e. The molecule has 0 amide bonds. The molecule has 0 N–H and O–H groups in total. The highest BCUT2D eigenvalue weighted by molar-refractivity contribution is 6.88.